The van der Waals surface area contributed by atoms with Crippen molar-refractivity contribution >= 4 is 5.69 Å². The first-order chi connectivity index (χ1) is 13.7. The van der Waals surface area contributed by atoms with Crippen LogP contribution in [0.4, 0.5) is 5.69 Å². The Morgan fingerprint density at radius 3 is 2.07 bits per heavy atom. The van der Waals surface area contributed by atoms with Crippen LogP contribution in [0, 0.1) is 17.9 Å². The minimum absolute atomic E-state index is 0.598. The van der Waals surface area contributed by atoms with Crippen LogP contribution < -0.4 is 0 Å². The molecule has 4 rings (SSSR count). The predicted molar refractivity (Wildman–Crippen MR) is 106 cm³/mol. The van der Waals surface area contributed by atoms with E-state index in [4.69, 9.17) is 11.8 Å². The number of aryl methyl sites for hydroxylation is 2. The molecule has 0 unspecified atom stereocenters. The first kappa shape index (κ1) is 17.3. The summed E-state index contributed by atoms with van der Waals surface area (Å²) in [5.74, 6) is 0. The molecule has 0 aliphatic heterocycles. The fourth-order valence-electron chi connectivity index (χ4n) is 2.96. The third kappa shape index (κ3) is 3.67. The van der Waals surface area contributed by atoms with Gasteiger partial charge in [-0.05, 0) is 55.3 Å². The summed E-state index contributed by atoms with van der Waals surface area (Å²) in [4.78, 5) is 3.46. The normalized spacial score (nSPS) is 10.4. The van der Waals surface area contributed by atoms with E-state index in [-0.39, 0.29) is 0 Å². The Labute approximate surface area is 162 Å². The SMILES string of the molecule is [C-]#[N+]c1cccc(-n2ccc(CCc3ccn(-c4cccc(C#N)c4)n3)n2)c1. The summed E-state index contributed by atoms with van der Waals surface area (Å²) in [6, 6.07) is 20.9. The van der Waals surface area contributed by atoms with Crippen molar-refractivity contribution in [2.45, 2.75) is 12.8 Å². The maximum absolute atomic E-state index is 9.03. The zero-order valence-corrected chi connectivity index (χ0v) is 15.0. The number of nitriles is 1. The first-order valence-corrected chi connectivity index (χ1v) is 8.83. The van der Waals surface area contributed by atoms with E-state index in [1.807, 2.05) is 60.9 Å². The van der Waals surface area contributed by atoms with Crippen LogP contribution in [0.5, 0.6) is 0 Å². The lowest BCUT2D eigenvalue weighted by Gasteiger charge is -2.02. The summed E-state index contributed by atoms with van der Waals surface area (Å²) in [7, 11) is 0. The van der Waals surface area contributed by atoms with Gasteiger partial charge < -0.3 is 0 Å². The van der Waals surface area contributed by atoms with Gasteiger partial charge in [0.25, 0.3) is 0 Å². The Kier molecular flexibility index (Phi) is 4.69. The van der Waals surface area contributed by atoms with E-state index in [0.717, 1.165) is 35.6 Å². The molecular weight excluding hydrogens is 348 g/mol. The third-order valence-electron chi connectivity index (χ3n) is 4.39. The molecule has 6 nitrogen and oxygen atoms in total. The van der Waals surface area contributed by atoms with Crippen LogP contribution in [0.3, 0.4) is 0 Å². The summed E-state index contributed by atoms with van der Waals surface area (Å²) in [6.45, 7) is 7.13. The van der Waals surface area contributed by atoms with Gasteiger partial charge in [-0.1, -0.05) is 18.2 Å². The molecule has 2 aromatic carbocycles. The summed E-state index contributed by atoms with van der Waals surface area (Å²) in [5, 5.41) is 18.2. The van der Waals surface area contributed by atoms with E-state index in [1.54, 1.807) is 21.5 Å². The quantitative estimate of drug-likeness (QED) is 0.497. The molecule has 4 aromatic rings. The van der Waals surface area contributed by atoms with Crippen LogP contribution >= 0.6 is 0 Å². The minimum atomic E-state index is 0.598. The molecule has 6 heteroatoms. The lowest BCUT2D eigenvalue weighted by molar-refractivity contribution is 0.785. The smallest absolute Gasteiger partial charge is 0.189 e. The van der Waals surface area contributed by atoms with Gasteiger partial charge >= 0.3 is 0 Å². The highest BCUT2D eigenvalue weighted by molar-refractivity contribution is 5.51. The highest BCUT2D eigenvalue weighted by Gasteiger charge is 2.06. The van der Waals surface area contributed by atoms with Crippen molar-refractivity contribution in [3.63, 3.8) is 0 Å². The fourth-order valence-corrected chi connectivity index (χ4v) is 2.96. The van der Waals surface area contributed by atoms with Crippen LogP contribution in [0.1, 0.15) is 17.0 Å². The molecule has 0 aliphatic rings. The topological polar surface area (TPSA) is 63.8 Å². The highest BCUT2D eigenvalue weighted by Crippen LogP contribution is 2.17. The molecule has 2 heterocycles. The summed E-state index contributed by atoms with van der Waals surface area (Å²) >= 11 is 0. The standard InChI is InChI=1S/C22H16N6/c1-24-20-5-3-7-22(15-20)28-13-11-19(26-28)9-8-18-10-12-27(25-18)21-6-2-4-17(14-21)16-23/h2-7,10-15H,8-9H2. The second-order valence-electron chi connectivity index (χ2n) is 6.30. The monoisotopic (exact) mass is 364 g/mol. The van der Waals surface area contributed by atoms with Gasteiger partial charge in [-0.15, -0.1) is 0 Å². The molecule has 2 aromatic heterocycles. The second kappa shape index (κ2) is 7.61. The fraction of sp³-hybridized carbons (Fsp3) is 0.0909. The zero-order valence-electron chi connectivity index (χ0n) is 15.0. The largest absolute Gasteiger partial charge is 0.242 e. The molecule has 134 valence electrons. The van der Waals surface area contributed by atoms with Gasteiger partial charge in [0.1, 0.15) is 0 Å². The maximum Gasteiger partial charge on any atom is 0.189 e. The average Bonchev–Trinajstić information content (AvgIpc) is 3.42. The highest BCUT2D eigenvalue weighted by atomic mass is 15.3. The molecule has 0 bridgehead atoms. The van der Waals surface area contributed by atoms with Crippen molar-refractivity contribution in [3.8, 4) is 17.4 Å². The van der Waals surface area contributed by atoms with Crippen LogP contribution in [0.2, 0.25) is 0 Å². The molecule has 0 atom stereocenters. The number of rotatable bonds is 5. The van der Waals surface area contributed by atoms with Crippen molar-refractivity contribution < 1.29 is 0 Å². The Hall–Kier alpha value is -4.16. The van der Waals surface area contributed by atoms with Crippen molar-refractivity contribution in [2.75, 3.05) is 0 Å². The number of hydrogen-bond donors (Lipinski definition) is 0. The molecule has 0 amide bonds. The van der Waals surface area contributed by atoms with Gasteiger partial charge in [-0.25, -0.2) is 14.2 Å². The van der Waals surface area contributed by atoms with Crippen molar-refractivity contribution in [1.29, 1.82) is 5.26 Å². The van der Waals surface area contributed by atoms with E-state index < -0.39 is 0 Å². The van der Waals surface area contributed by atoms with Gasteiger partial charge in [0.05, 0.1) is 41.0 Å². The van der Waals surface area contributed by atoms with Crippen molar-refractivity contribution in [1.82, 2.24) is 19.6 Å². The first-order valence-electron chi connectivity index (χ1n) is 8.83. The maximum atomic E-state index is 9.03. The van der Waals surface area contributed by atoms with E-state index in [2.05, 4.69) is 21.1 Å². The minimum Gasteiger partial charge on any atom is -0.242 e. The van der Waals surface area contributed by atoms with Crippen molar-refractivity contribution in [3.05, 3.63) is 101 Å². The molecule has 0 saturated heterocycles. The Balaban J connectivity index is 1.44. The molecule has 0 saturated carbocycles. The lowest BCUT2D eigenvalue weighted by Crippen LogP contribution is -1.99. The molecule has 28 heavy (non-hydrogen) atoms. The second-order valence-corrected chi connectivity index (χ2v) is 6.30. The molecule has 0 aliphatic carbocycles. The summed E-state index contributed by atoms with van der Waals surface area (Å²) < 4.78 is 3.57. The van der Waals surface area contributed by atoms with E-state index in [1.165, 1.54) is 0 Å². The van der Waals surface area contributed by atoms with Gasteiger partial charge in [0.15, 0.2) is 5.69 Å². The third-order valence-corrected chi connectivity index (χ3v) is 4.39. The summed E-state index contributed by atoms with van der Waals surface area (Å²) in [5.41, 5.74) is 4.89. The number of aromatic nitrogens is 4. The van der Waals surface area contributed by atoms with Crippen molar-refractivity contribution in [2.24, 2.45) is 0 Å². The van der Waals surface area contributed by atoms with Crippen LogP contribution in [-0.4, -0.2) is 19.6 Å². The molecule has 0 spiro atoms. The molecule has 0 N–H and O–H groups in total. The van der Waals surface area contributed by atoms with Crippen LogP contribution in [0.15, 0.2) is 73.1 Å². The average molecular weight is 364 g/mol. The summed E-state index contributed by atoms with van der Waals surface area (Å²) in [6.07, 6.45) is 5.35. The number of hydrogen-bond acceptors (Lipinski definition) is 3. The van der Waals surface area contributed by atoms with E-state index >= 15 is 0 Å². The number of benzene rings is 2. The molecular formula is C22H16N6. The Morgan fingerprint density at radius 2 is 1.46 bits per heavy atom. The number of nitrogens with zero attached hydrogens (tertiary/aromatic N) is 6. The Bertz CT molecular complexity index is 1110. The molecule has 0 fully saturated rings. The lowest BCUT2D eigenvalue weighted by atomic mass is 10.2. The Morgan fingerprint density at radius 1 is 0.857 bits per heavy atom. The van der Waals surface area contributed by atoms with Gasteiger partial charge in [-0.2, -0.15) is 15.5 Å². The molecule has 0 radical (unpaired) electrons. The van der Waals surface area contributed by atoms with Gasteiger partial charge in [-0.3, -0.25) is 0 Å². The zero-order chi connectivity index (χ0) is 19.3. The van der Waals surface area contributed by atoms with Crippen LogP contribution in [0.25, 0.3) is 16.2 Å². The predicted octanol–water partition coefficient (Wildman–Crippen LogP) is 4.27. The van der Waals surface area contributed by atoms with Gasteiger partial charge in [0.2, 0.25) is 0 Å². The van der Waals surface area contributed by atoms with Gasteiger partial charge in [0, 0.05) is 12.4 Å². The van der Waals surface area contributed by atoms with E-state index in [9.17, 15) is 0 Å². The van der Waals surface area contributed by atoms with Crippen LogP contribution in [-0.2, 0) is 12.8 Å². The van der Waals surface area contributed by atoms with E-state index in [0.29, 0.717) is 11.3 Å².